The molecule has 1 amide bonds. The molecule has 106 valence electrons. The number of fused-ring (bicyclic) bond motifs is 1. The van der Waals surface area contributed by atoms with E-state index in [1.807, 2.05) is 60.1 Å². The summed E-state index contributed by atoms with van der Waals surface area (Å²) in [7, 11) is 1.96. The van der Waals surface area contributed by atoms with Gasteiger partial charge in [0, 0.05) is 13.6 Å². The minimum atomic E-state index is 0.0223. The van der Waals surface area contributed by atoms with Gasteiger partial charge in [0.05, 0.1) is 23.8 Å². The third-order valence-corrected chi connectivity index (χ3v) is 3.49. The summed E-state index contributed by atoms with van der Waals surface area (Å²) in [6.07, 6.45) is 2.16. The molecule has 0 saturated heterocycles. The monoisotopic (exact) mass is 279 g/mol. The minimum absolute atomic E-state index is 0.0223. The van der Waals surface area contributed by atoms with E-state index < -0.39 is 0 Å². The number of hydrogen-bond donors (Lipinski definition) is 1. The maximum absolute atomic E-state index is 12.0. The molecule has 0 radical (unpaired) electrons. The van der Waals surface area contributed by atoms with E-state index >= 15 is 0 Å². The van der Waals surface area contributed by atoms with Gasteiger partial charge in [0.25, 0.3) is 0 Å². The van der Waals surface area contributed by atoms with Crippen LogP contribution in [0.1, 0.15) is 11.1 Å². The quantitative estimate of drug-likeness (QED) is 0.797. The smallest absolute Gasteiger partial charge is 0.224 e. The lowest BCUT2D eigenvalue weighted by Crippen LogP contribution is -2.24. The van der Waals surface area contributed by atoms with Crippen molar-refractivity contribution in [2.24, 2.45) is 7.05 Å². The third kappa shape index (κ3) is 3.11. The van der Waals surface area contributed by atoms with Crippen LogP contribution in [0.5, 0.6) is 0 Å². The van der Waals surface area contributed by atoms with Gasteiger partial charge in [-0.2, -0.15) is 0 Å². The Kier molecular flexibility index (Phi) is 3.69. The molecule has 0 aliphatic carbocycles. The maximum Gasteiger partial charge on any atom is 0.224 e. The number of nitrogens with one attached hydrogen (secondary N) is 1. The van der Waals surface area contributed by atoms with Gasteiger partial charge in [0.2, 0.25) is 5.91 Å². The summed E-state index contributed by atoms with van der Waals surface area (Å²) < 4.78 is 1.97. The average molecular weight is 279 g/mol. The molecule has 0 aliphatic rings. The highest BCUT2D eigenvalue weighted by atomic mass is 16.1. The molecule has 0 bridgehead atoms. The fraction of sp³-hybridized carbons (Fsp3) is 0.176. The first-order valence-electron chi connectivity index (χ1n) is 6.93. The van der Waals surface area contributed by atoms with Crippen LogP contribution in [0.15, 0.2) is 54.9 Å². The zero-order valence-corrected chi connectivity index (χ0v) is 11.9. The van der Waals surface area contributed by atoms with Gasteiger partial charge in [-0.25, -0.2) is 4.98 Å². The SMILES string of the molecule is Cn1cnc2cc(CC(=O)NCc3ccccc3)ccc21. The molecule has 1 aromatic heterocycles. The van der Waals surface area contributed by atoms with Crippen LogP contribution >= 0.6 is 0 Å². The van der Waals surface area contributed by atoms with Crippen molar-refractivity contribution in [1.29, 1.82) is 0 Å². The topological polar surface area (TPSA) is 46.9 Å². The number of aromatic nitrogens is 2. The Bertz CT molecular complexity index is 762. The fourth-order valence-corrected chi connectivity index (χ4v) is 2.34. The van der Waals surface area contributed by atoms with Crippen molar-refractivity contribution in [3.8, 4) is 0 Å². The maximum atomic E-state index is 12.0. The molecular weight excluding hydrogens is 262 g/mol. The molecule has 4 nitrogen and oxygen atoms in total. The number of carbonyl (C=O) groups is 1. The number of amides is 1. The molecule has 0 spiro atoms. The molecule has 1 N–H and O–H groups in total. The van der Waals surface area contributed by atoms with Gasteiger partial charge in [0.1, 0.15) is 0 Å². The Morgan fingerprint density at radius 3 is 2.76 bits per heavy atom. The molecule has 0 aliphatic heterocycles. The van der Waals surface area contributed by atoms with Gasteiger partial charge in [-0.15, -0.1) is 0 Å². The highest BCUT2D eigenvalue weighted by Crippen LogP contribution is 2.14. The van der Waals surface area contributed by atoms with Crippen LogP contribution in [-0.2, 0) is 24.8 Å². The van der Waals surface area contributed by atoms with Gasteiger partial charge < -0.3 is 9.88 Å². The molecule has 3 aromatic rings. The first-order chi connectivity index (χ1) is 10.2. The molecule has 3 rings (SSSR count). The van der Waals surface area contributed by atoms with Gasteiger partial charge in [-0.3, -0.25) is 4.79 Å². The van der Waals surface area contributed by atoms with Gasteiger partial charge >= 0.3 is 0 Å². The number of nitrogens with zero attached hydrogens (tertiary/aromatic N) is 2. The average Bonchev–Trinajstić information content (AvgIpc) is 2.87. The number of aryl methyl sites for hydroxylation is 1. The van der Waals surface area contributed by atoms with Crippen molar-refractivity contribution in [1.82, 2.24) is 14.9 Å². The van der Waals surface area contributed by atoms with Crippen LogP contribution in [0, 0.1) is 0 Å². The molecule has 0 saturated carbocycles. The number of benzene rings is 2. The Balaban J connectivity index is 1.63. The molecule has 0 fully saturated rings. The number of hydrogen-bond acceptors (Lipinski definition) is 2. The van der Waals surface area contributed by atoms with E-state index in [1.165, 1.54) is 0 Å². The van der Waals surface area contributed by atoms with E-state index in [2.05, 4.69) is 10.3 Å². The fourth-order valence-electron chi connectivity index (χ4n) is 2.34. The molecule has 4 heteroatoms. The lowest BCUT2D eigenvalue weighted by Gasteiger charge is -2.05. The van der Waals surface area contributed by atoms with E-state index in [-0.39, 0.29) is 5.91 Å². The van der Waals surface area contributed by atoms with Crippen molar-refractivity contribution in [2.75, 3.05) is 0 Å². The Labute approximate surface area is 123 Å². The summed E-state index contributed by atoms with van der Waals surface area (Å²) in [5.74, 6) is 0.0223. The van der Waals surface area contributed by atoms with Gasteiger partial charge in [-0.05, 0) is 23.3 Å². The van der Waals surface area contributed by atoms with Crippen LogP contribution in [0.3, 0.4) is 0 Å². The summed E-state index contributed by atoms with van der Waals surface area (Å²) in [5.41, 5.74) is 4.08. The Morgan fingerprint density at radius 2 is 1.95 bits per heavy atom. The van der Waals surface area contributed by atoms with Crippen molar-refractivity contribution in [3.63, 3.8) is 0 Å². The highest BCUT2D eigenvalue weighted by molar-refractivity contribution is 5.81. The van der Waals surface area contributed by atoms with E-state index in [0.29, 0.717) is 13.0 Å². The van der Waals surface area contributed by atoms with Crippen molar-refractivity contribution in [2.45, 2.75) is 13.0 Å². The molecule has 1 heterocycles. The normalized spacial score (nSPS) is 10.7. The predicted octanol–water partition coefficient (Wildman–Crippen LogP) is 2.43. The van der Waals surface area contributed by atoms with E-state index in [1.54, 1.807) is 6.33 Å². The van der Waals surface area contributed by atoms with Crippen molar-refractivity contribution < 1.29 is 4.79 Å². The number of imidazole rings is 1. The second-order valence-corrected chi connectivity index (χ2v) is 5.12. The molecular formula is C17H17N3O. The molecule has 21 heavy (non-hydrogen) atoms. The zero-order chi connectivity index (χ0) is 14.7. The standard InChI is InChI=1S/C17H17N3O/c1-20-12-19-15-9-14(7-8-16(15)20)10-17(21)18-11-13-5-3-2-4-6-13/h2-9,12H,10-11H2,1H3,(H,18,21). The lowest BCUT2D eigenvalue weighted by atomic mass is 10.1. The molecule has 0 atom stereocenters. The zero-order valence-electron chi connectivity index (χ0n) is 11.9. The summed E-state index contributed by atoms with van der Waals surface area (Å²) in [5, 5.41) is 2.94. The molecule has 2 aromatic carbocycles. The van der Waals surface area contributed by atoms with Crippen LogP contribution in [0.4, 0.5) is 0 Å². The third-order valence-electron chi connectivity index (χ3n) is 3.49. The number of rotatable bonds is 4. The van der Waals surface area contributed by atoms with Crippen molar-refractivity contribution >= 4 is 16.9 Å². The van der Waals surface area contributed by atoms with E-state index in [0.717, 1.165) is 22.2 Å². The minimum Gasteiger partial charge on any atom is -0.352 e. The van der Waals surface area contributed by atoms with Crippen LogP contribution in [-0.4, -0.2) is 15.5 Å². The van der Waals surface area contributed by atoms with Crippen LogP contribution < -0.4 is 5.32 Å². The van der Waals surface area contributed by atoms with Gasteiger partial charge in [-0.1, -0.05) is 36.4 Å². The second kappa shape index (κ2) is 5.79. The number of carbonyl (C=O) groups excluding carboxylic acids is 1. The summed E-state index contributed by atoms with van der Waals surface area (Å²) >= 11 is 0. The summed E-state index contributed by atoms with van der Waals surface area (Å²) in [4.78, 5) is 16.3. The summed E-state index contributed by atoms with van der Waals surface area (Å²) in [6.45, 7) is 0.561. The molecule has 0 unspecified atom stereocenters. The van der Waals surface area contributed by atoms with E-state index in [9.17, 15) is 4.79 Å². The van der Waals surface area contributed by atoms with Crippen LogP contribution in [0.2, 0.25) is 0 Å². The largest absolute Gasteiger partial charge is 0.352 e. The van der Waals surface area contributed by atoms with Crippen molar-refractivity contribution in [3.05, 3.63) is 66.0 Å². The van der Waals surface area contributed by atoms with E-state index in [4.69, 9.17) is 0 Å². The summed E-state index contributed by atoms with van der Waals surface area (Å²) in [6, 6.07) is 15.9. The predicted molar refractivity (Wildman–Crippen MR) is 82.7 cm³/mol. The van der Waals surface area contributed by atoms with Gasteiger partial charge in [0.15, 0.2) is 0 Å². The van der Waals surface area contributed by atoms with Crippen LogP contribution in [0.25, 0.3) is 11.0 Å². The first-order valence-corrected chi connectivity index (χ1v) is 6.93. The Hall–Kier alpha value is -2.62. The first kappa shape index (κ1) is 13.4. The Morgan fingerprint density at radius 1 is 1.14 bits per heavy atom. The lowest BCUT2D eigenvalue weighted by molar-refractivity contribution is -0.120. The highest BCUT2D eigenvalue weighted by Gasteiger charge is 2.06. The second-order valence-electron chi connectivity index (χ2n) is 5.12.